The van der Waals surface area contributed by atoms with Gasteiger partial charge in [-0.3, -0.25) is 81.5 Å². The third-order valence-electron chi connectivity index (χ3n) is 23.0. The number of amides is 15. The number of hydrogen-bond acceptors (Lipinski definition) is 26. The van der Waals surface area contributed by atoms with Crippen LogP contribution in [0.25, 0.3) is 21.7 Å². The molecule has 44 nitrogen and oxygen atoms in total. The fourth-order valence-corrected chi connectivity index (χ4v) is 16.6. The lowest BCUT2D eigenvalue weighted by molar-refractivity contribution is -0.147. The van der Waals surface area contributed by atoms with Crippen molar-refractivity contribution in [1.29, 1.82) is 0 Å². The number of aliphatic carboxylic acids is 2. The molecule has 0 aliphatic carbocycles. The Morgan fingerprint density at radius 2 is 1.15 bits per heavy atom. The summed E-state index contributed by atoms with van der Waals surface area (Å²) in [5.74, 6) is -19.6. The molecule has 0 saturated carbocycles. The van der Waals surface area contributed by atoms with Gasteiger partial charge in [0.1, 0.15) is 84.3 Å². The van der Waals surface area contributed by atoms with Gasteiger partial charge in [0.25, 0.3) is 0 Å². The van der Waals surface area contributed by atoms with Gasteiger partial charge in [-0.2, -0.15) is 0 Å². The van der Waals surface area contributed by atoms with Gasteiger partial charge in [0.15, 0.2) is 5.82 Å². The number of aromatic hydroxyl groups is 1. The summed E-state index contributed by atoms with van der Waals surface area (Å²) in [4.78, 5) is 250. The normalized spacial score (nSPS) is 25.0. The third-order valence-corrected chi connectivity index (χ3v) is 24.0. The van der Waals surface area contributed by atoms with Gasteiger partial charge in [0.2, 0.25) is 88.6 Å². The van der Waals surface area contributed by atoms with Crippen molar-refractivity contribution in [1.82, 2.24) is 98.0 Å². The topological polar surface area (TPSA) is 662 Å². The van der Waals surface area contributed by atoms with Crippen LogP contribution in [0, 0.1) is 0 Å². The maximum atomic E-state index is 15.6. The van der Waals surface area contributed by atoms with Crippen molar-refractivity contribution in [3.63, 3.8) is 0 Å². The lowest BCUT2D eigenvalue weighted by atomic mass is 9.97. The highest BCUT2D eigenvalue weighted by atomic mass is 32.2. The number of fused-ring (bicyclic) bond motifs is 5. The summed E-state index contributed by atoms with van der Waals surface area (Å²) < 4.78 is 1.20. The highest BCUT2D eigenvalue weighted by Gasteiger charge is 2.46. The Labute approximate surface area is 750 Å². The quantitative estimate of drug-likeness (QED) is 0.0290. The number of unbranched alkanes of at least 4 members (excludes halogenated alkanes) is 2. The Hall–Kier alpha value is -13.3. The molecule has 0 unspecified atom stereocenters. The summed E-state index contributed by atoms with van der Waals surface area (Å²) in [6, 6.07) is 2.31. The Balaban J connectivity index is 1.09. The maximum Gasteiger partial charge on any atom is 0.305 e. The number of aliphatic hydroxyl groups excluding tert-OH is 2. The van der Waals surface area contributed by atoms with E-state index in [9.17, 15) is 83.1 Å². The average molecular weight is 1830 g/mol. The van der Waals surface area contributed by atoms with Crippen LogP contribution in [0.1, 0.15) is 132 Å². The van der Waals surface area contributed by atoms with Crippen molar-refractivity contribution < 1.29 is 107 Å². The molecule has 15 atom stereocenters. The lowest BCUT2D eigenvalue weighted by Crippen LogP contribution is -2.61. The van der Waals surface area contributed by atoms with E-state index in [2.05, 4.69) is 73.7 Å². The van der Waals surface area contributed by atoms with Gasteiger partial charge in [-0.1, -0.05) is 112 Å². The summed E-state index contributed by atoms with van der Waals surface area (Å²) >= 11 is 0.740. The number of hydrogen-bond donors (Lipinski definition) is 19. The number of rotatable bonds is 23. The SMILES string of the molecule is CCCC[C@H]1C(=O)N[C@@H](CN)C(=O)N[C@H](C(=O)NCC(N)=O)CSCC(=O)N[C@@H](Cc2ccc(O)cc2)C(=O)N(C)[C@@H](C)C(=O)N[C@@H](CC(=O)O)C(=O)N2CCC[C@H]2C(=O)N[C@@H](CN)C(=O)N[C@@H](CCC(=O)O)C(=O)N2C[C@H](O)C[C@H]2C(=O)N[C@@H](Cc2c[nH]c3ccccc23)C(=O)N[C@@H](CO)C(=O)N[C@@H](Cc2cccc3ccccc23)c2nnnn2[C@@H](CCCC)C(=O)N1C. The first-order chi connectivity index (χ1) is 62.1. The van der Waals surface area contributed by atoms with Crippen molar-refractivity contribution in [3.8, 4) is 5.75 Å². The Morgan fingerprint density at radius 3 is 1.82 bits per heavy atom. The monoisotopic (exact) mass is 1830 g/mol. The van der Waals surface area contributed by atoms with Gasteiger partial charge >= 0.3 is 11.9 Å². The van der Waals surface area contributed by atoms with E-state index in [0.29, 0.717) is 58.7 Å². The molecule has 0 radical (unpaired) electrons. The molecule has 0 bridgehead atoms. The van der Waals surface area contributed by atoms with E-state index in [-0.39, 0.29) is 63.1 Å². The van der Waals surface area contributed by atoms with Crippen LogP contribution in [0.4, 0.5) is 0 Å². The summed E-state index contributed by atoms with van der Waals surface area (Å²) in [7, 11) is 2.52. The van der Waals surface area contributed by atoms with Crippen molar-refractivity contribution in [3.05, 3.63) is 120 Å². The standard InChI is InChI=1S/C85H114N22O22S/c1-6-8-22-64-79(123)96-61(38-87)77(121)99-63(74(118)90-40-68(88)111)43-130-44-69(112)91-58(32-46-25-27-50(109)28-26-46)82(126)103(4)45(3)73(117)95-59(36-71(115)116)84(128)105-31-15-24-65(105)80(124)97-60(37-86)76(120)92-55(29-30-70(113)114)83(127)106-41-51(110)35-67(106)81(125)94-57(34-49-39-89-54-21-13-12-20-53(49)54)75(119)98-62(42-108)78(122)93-56(33-48-18-14-17-47-16-10-11-19-52(47)48)72-100-101-102-107(72)66(23-9-7-2)85(129)104(64)5/h10-14,16-21,25-28,39,45,51,55-67,89,108-110H,6-9,15,22-24,29-38,40-44,86-87H2,1-5H3,(H2,88,111)(H,90,118)(H,91,112)(H,92,120)(H,93,122)(H,94,125)(H,95,117)(H,96,123)(H,97,124)(H,98,119)(H,99,121)(H,113,114)(H,115,116)/t45-,51+,55-,56-,57-,58-,59-,60-,61-,62-,63-,64-,65-,66-,67-/m0/s1. The molecule has 15 amide bonds. The average Bonchev–Trinajstić information content (AvgIpc) is 1.43. The minimum atomic E-state index is -1.94. The molecular weight excluding hydrogens is 1710 g/mol. The fourth-order valence-electron chi connectivity index (χ4n) is 15.7. The van der Waals surface area contributed by atoms with Crippen LogP contribution in [0.3, 0.4) is 0 Å². The van der Waals surface area contributed by atoms with E-state index < -0.39 is 261 Å². The maximum absolute atomic E-state index is 15.6. The first-order valence-corrected chi connectivity index (χ1v) is 43.9. The molecule has 0 spiro atoms. The second-order valence-corrected chi connectivity index (χ2v) is 33.3. The van der Waals surface area contributed by atoms with Crippen molar-refractivity contribution in [2.45, 2.75) is 208 Å². The zero-order valence-electron chi connectivity index (χ0n) is 72.6. The van der Waals surface area contributed by atoms with E-state index in [1.54, 1.807) is 48.7 Å². The first-order valence-electron chi connectivity index (χ1n) is 42.8. The molecule has 3 aliphatic rings. The summed E-state index contributed by atoms with van der Waals surface area (Å²) in [5.41, 5.74) is 19.7. The van der Waals surface area contributed by atoms with Crippen LogP contribution >= 0.6 is 11.8 Å². The van der Waals surface area contributed by atoms with Gasteiger partial charge in [-0.15, -0.1) is 16.9 Å². The number of carboxylic acid groups (broad SMARTS) is 2. The van der Waals surface area contributed by atoms with Crippen LogP contribution in [-0.2, 0) is 101 Å². The number of tetrazole rings is 1. The number of carbonyl (C=O) groups excluding carboxylic acids is 15. The minimum Gasteiger partial charge on any atom is -0.508 e. The van der Waals surface area contributed by atoms with Crippen molar-refractivity contribution in [2.75, 3.05) is 64.9 Å². The number of phenols is 1. The summed E-state index contributed by atoms with van der Waals surface area (Å²) in [6.45, 7) is 0.945. The molecule has 702 valence electrons. The second kappa shape index (κ2) is 47.7. The zero-order chi connectivity index (χ0) is 94.7. The van der Waals surface area contributed by atoms with Crippen LogP contribution in [0.2, 0.25) is 0 Å². The van der Waals surface area contributed by atoms with Gasteiger partial charge in [-0.25, -0.2) is 4.68 Å². The third kappa shape index (κ3) is 26.7. The highest BCUT2D eigenvalue weighted by molar-refractivity contribution is 8.00. The second-order valence-electron chi connectivity index (χ2n) is 32.2. The molecule has 4 aromatic carbocycles. The number of nitrogens with two attached hydrogens (primary N) is 3. The smallest absolute Gasteiger partial charge is 0.305 e. The number of benzene rings is 4. The number of aliphatic hydroxyl groups is 2. The Kier molecular flexibility index (Phi) is 36.9. The number of thioether (sulfide) groups is 1. The van der Waals surface area contributed by atoms with Crippen LogP contribution < -0.4 is 70.4 Å². The number of phenolic OH excluding ortho intramolecular Hbond substituents is 1. The molecule has 130 heavy (non-hydrogen) atoms. The number of H-pyrrole nitrogens is 1. The minimum absolute atomic E-state index is 0.00909. The molecule has 45 heteroatoms. The van der Waals surface area contributed by atoms with Crippen molar-refractivity contribution in [2.24, 2.45) is 17.2 Å². The number of aromatic nitrogens is 5. The summed E-state index contributed by atoms with van der Waals surface area (Å²) in [5, 5.41) is 93.2. The Bertz CT molecular complexity index is 5090. The predicted molar refractivity (Wildman–Crippen MR) is 467 cm³/mol. The molecule has 3 aliphatic heterocycles. The molecule has 22 N–H and O–H groups in total. The predicted octanol–water partition coefficient (Wildman–Crippen LogP) is -4.08. The number of likely N-dealkylation sites (N-methyl/N-ethyl adjacent to an activating group) is 2. The van der Waals surface area contributed by atoms with E-state index >= 15 is 24.0 Å². The number of nitrogens with one attached hydrogen (secondary N) is 11. The number of carboxylic acids is 2. The van der Waals surface area contributed by atoms with Gasteiger partial charge in [0, 0.05) is 95.2 Å². The van der Waals surface area contributed by atoms with Gasteiger partial charge < -0.3 is 120 Å². The number of aromatic amines is 1. The van der Waals surface area contributed by atoms with E-state index in [4.69, 9.17) is 17.2 Å². The van der Waals surface area contributed by atoms with Crippen LogP contribution in [0.5, 0.6) is 5.75 Å². The number of carbonyl (C=O) groups is 17. The number of para-hydroxylation sites is 1. The lowest BCUT2D eigenvalue weighted by Gasteiger charge is -2.32. The molecular formula is C85H114N22O22S. The number of primary amides is 1. The number of nitrogens with zero attached hydrogens (tertiary/aromatic N) is 8. The Morgan fingerprint density at radius 1 is 0.569 bits per heavy atom. The van der Waals surface area contributed by atoms with Crippen molar-refractivity contribution >= 4 is 134 Å². The zero-order valence-corrected chi connectivity index (χ0v) is 73.4. The van der Waals surface area contributed by atoms with Gasteiger partial charge in [-0.05, 0) is 95.1 Å². The van der Waals surface area contributed by atoms with E-state index in [1.165, 1.54) is 50.0 Å². The highest BCUT2D eigenvalue weighted by Crippen LogP contribution is 2.31. The molecule has 2 aromatic heterocycles. The van der Waals surface area contributed by atoms with Gasteiger partial charge in [0.05, 0.1) is 37.5 Å². The van der Waals surface area contributed by atoms with E-state index in [1.807, 2.05) is 38.1 Å². The first kappa shape index (κ1) is 100. The largest absolute Gasteiger partial charge is 0.508 e. The molecule has 2 saturated heterocycles. The fraction of sp³-hybridized carbons (Fsp3) is 0.506. The summed E-state index contributed by atoms with van der Waals surface area (Å²) in [6.07, 6.45) is -2.02. The molecule has 2 fully saturated rings. The van der Waals surface area contributed by atoms with E-state index in [0.717, 1.165) is 36.7 Å². The molecule has 5 heterocycles. The molecule has 6 aromatic rings. The molecule has 9 rings (SSSR count). The van der Waals surface area contributed by atoms with Crippen LogP contribution in [-0.4, -0.2) is 314 Å². The van der Waals surface area contributed by atoms with Crippen LogP contribution in [0.15, 0.2) is 97.2 Å².